The predicted octanol–water partition coefficient (Wildman–Crippen LogP) is 0.718. The molecule has 3 rings (SSSR count). The van der Waals surface area contributed by atoms with Crippen LogP contribution in [-0.2, 0) is 12.8 Å². The number of nitrogens with zero attached hydrogens (tertiary/aromatic N) is 1. The molecule has 0 aliphatic carbocycles. The number of benzene rings is 2. The molecule has 0 fully saturated rings. The maximum absolute atomic E-state index is 5.53. The third kappa shape index (κ3) is 4.25. The van der Waals surface area contributed by atoms with Gasteiger partial charge in [0.15, 0.2) is 28.7 Å². The van der Waals surface area contributed by atoms with E-state index in [1.807, 2.05) is 6.07 Å². The Bertz CT molecular complexity index is 898. The van der Waals surface area contributed by atoms with Crippen molar-refractivity contribution in [2.75, 3.05) is 42.0 Å². The van der Waals surface area contributed by atoms with Crippen molar-refractivity contribution >= 4 is 21.6 Å². The van der Waals surface area contributed by atoms with E-state index < -0.39 is 0 Å². The third-order valence-electron chi connectivity index (χ3n) is 5.02. The summed E-state index contributed by atoms with van der Waals surface area (Å²) in [6.45, 7) is 0.961. The Kier molecular flexibility index (Phi) is 8.00. The summed E-state index contributed by atoms with van der Waals surface area (Å²) in [5.41, 5.74) is 4.85. The normalized spacial score (nSPS) is 12.8. The van der Waals surface area contributed by atoms with Crippen LogP contribution in [0.2, 0.25) is 0 Å². The monoisotopic (exact) mass is 561 g/mol. The maximum atomic E-state index is 5.53. The minimum Gasteiger partial charge on any atom is -1.00 e. The van der Waals surface area contributed by atoms with Gasteiger partial charge in [0.1, 0.15) is 13.6 Å². The molecule has 28 heavy (non-hydrogen) atoms. The van der Waals surface area contributed by atoms with E-state index in [2.05, 4.69) is 45.8 Å². The minimum atomic E-state index is 0. The van der Waals surface area contributed by atoms with Crippen LogP contribution in [-0.4, -0.2) is 52.3 Å². The molecule has 0 unspecified atom stereocenters. The van der Waals surface area contributed by atoms with Crippen molar-refractivity contribution in [2.24, 2.45) is 0 Å². The molecule has 0 atom stereocenters. The molecule has 0 aromatic heterocycles. The van der Waals surface area contributed by atoms with E-state index in [4.69, 9.17) is 18.9 Å². The molecule has 1 aliphatic heterocycles. The molecule has 0 N–H and O–H groups in total. The summed E-state index contributed by atoms with van der Waals surface area (Å²) >= 11 is 3.69. The van der Waals surface area contributed by atoms with E-state index in [9.17, 15) is 0 Å². The second kappa shape index (κ2) is 9.82. The van der Waals surface area contributed by atoms with Gasteiger partial charge >= 0.3 is 0 Å². The molecular formula is C21H25BrINO4. The highest BCUT2D eigenvalue weighted by Crippen LogP contribution is 2.39. The van der Waals surface area contributed by atoms with Gasteiger partial charge in [-0.1, -0.05) is 6.07 Å². The van der Waals surface area contributed by atoms with Gasteiger partial charge in [-0.25, -0.2) is 4.58 Å². The lowest BCUT2D eigenvalue weighted by Gasteiger charge is -2.20. The van der Waals surface area contributed by atoms with Gasteiger partial charge in [0.05, 0.1) is 39.3 Å². The standard InChI is InChI=1S/C21H25BrNO4.HI/c1-23-9-8-13-11-18(25-3)19(26-4)12-15(13)16(23)10-14-6-7-17(24-2)21(27-5)20(14)22;/h6-7,11-12H,8-10H2,1-5H3;1H/q+1;/p-1. The smallest absolute Gasteiger partial charge is 0.187 e. The number of likely N-dealkylation sites (N-methyl/N-ethyl adjacent to an activating group) is 1. The highest BCUT2D eigenvalue weighted by Gasteiger charge is 2.27. The molecule has 0 saturated carbocycles. The predicted molar refractivity (Wildman–Crippen MR) is 109 cm³/mol. The quantitative estimate of drug-likeness (QED) is 0.385. The van der Waals surface area contributed by atoms with E-state index in [1.54, 1.807) is 28.4 Å². The van der Waals surface area contributed by atoms with Crippen LogP contribution in [0.3, 0.4) is 0 Å². The Hall–Kier alpha value is -1.48. The number of fused-ring (bicyclic) bond motifs is 1. The number of halogens is 2. The van der Waals surface area contributed by atoms with Crippen molar-refractivity contribution in [2.45, 2.75) is 12.8 Å². The van der Waals surface area contributed by atoms with Gasteiger partial charge in [0.2, 0.25) is 0 Å². The SMILES string of the molecule is COc1cc2c(cc1OC)C(Cc1ccc(OC)c(OC)c1Br)=[N+](C)CC2.[I-]. The van der Waals surface area contributed by atoms with Gasteiger partial charge in [0, 0.05) is 12.0 Å². The number of methoxy groups -OCH3 is 4. The van der Waals surface area contributed by atoms with E-state index in [-0.39, 0.29) is 24.0 Å². The average Bonchev–Trinajstić information content (AvgIpc) is 2.69. The van der Waals surface area contributed by atoms with E-state index >= 15 is 0 Å². The lowest BCUT2D eigenvalue weighted by atomic mass is 9.92. The van der Waals surface area contributed by atoms with Crippen LogP contribution in [0.25, 0.3) is 0 Å². The van der Waals surface area contributed by atoms with Crippen molar-refractivity contribution < 1.29 is 47.5 Å². The molecule has 5 nitrogen and oxygen atoms in total. The van der Waals surface area contributed by atoms with Gasteiger partial charge < -0.3 is 42.9 Å². The van der Waals surface area contributed by atoms with E-state index in [0.717, 1.165) is 40.9 Å². The van der Waals surface area contributed by atoms with Gasteiger partial charge in [-0.2, -0.15) is 0 Å². The van der Waals surface area contributed by atoms with Gasteiger partial charge in [-0.3, -0.25) is 0 Å². The fourth-order valence-corrected chi connectivity index (χ4v) is 4.13. The average molecular weight is 562 g/mol. The molecule has 0 radical (unpaired) electrons. The van der Waals surface area contributed by atoms with E-state index in [1.165, 1.54) is 16.8 Å². The van der Waals surface area contributed by atoms with Crippen LogP contribution >= 0.6 is 15.9 Å². The second-order valence-electron chi connectivity index (χ2n) is 6.43. The van der Waals surface area contributed by atoms with Crippen LogP contribution in [0.15, 0.2) is 28.7 Å². The fourth-order valence-electron chi connectivity index (χ4n) is 3.50. The molecular weight excluding hydrogens is 537 g/mol. The van der Waals surface area contributed by atoms with Crippen LogP contribution in [0.5, 0.6) is 23.0 Å². The molecule has 0 saturated heterocycles. The Morgan fingerprint density at radius 3 is 2.18 bits per heavy atom. The van der Waals surface area contributed by atoms with Crippen LogP contribution < -0.4 is 42.9 Å². The largest absolute Gasteiger partial charge is 1.00 e. The number of hydrogen-bond donors (Lipinski definition) is 0. The molecule has 7 heteroatoms. The Labute approximate surface area is 191 Å². The number of ether oxygens (including phenoxy) is 4. The molecule has 1 heterocycles. The fraction of sp³-hybridized carbons (Fsp3) is 0.381. The second-order valence-corrected chi connectivity index (χ2v) is 7.23. The number of rotatable bonds is 6. The summed E-state index contributed by atoms with van der Waals surface area (Å²) in [5, 5.41) is 0. The molecule has 0 amide bonds. The van der Waals surface area contributed by atoms with Crippen LogP contribution in [0.1, 0.15) is 16.7 Å². The van der Waals surface area contributed by atoms with Crippen LogP contribution in [0, 0.1) is 0 Å². The Morgan fingerprint density at radius 1 is 0.929 bits per heavy atom. The molecule has 152 valence electrons. The molecule has 1 aliphatic rings. The lowest BCUT2D eigenvalue weighted by molar-refractivity contribution is -0.498. The molecule has 0 spiro atoms. The highest BCUT2D eigenvalue weighted by molar-refractivity contribution is 9.10. The van der Waals surface area contributed by atoms with E-state index in [0.29, 0.717) is 11.5 Å². The summed E-state index contributed by atoms with van der Waals surface area (Å²) in [4.78, 5) is 0. The van der Waals surface area contributed by atoms with Gasteiger partial charge in [-0.15, -0.1) is 0 Å². The first-order valence-corrected chi connectivity index (χ1v) is 9.54. The van der Waals surface area contributed by atoms with Crippen molar-refractivity contribution in [1.82, 2.24) is 0 Å². The zero-order valence-corrected chi connectivity index (χ0v) is 20.5. The maximum Gasteiger partial charge on any atom is 0.187 e. The summed E-state index contributed by atoms with van der Waals surface area (Å²) in [6, 6.07) is 8.18. The zero-order chi connectivity index (χ0) is 19.6. The molecule has 2 aromatic carbocycles. The summed E-state index contributed by atoms with van der Waals surface area (Å²) in [5.74, 6) is 2.94. The first kappa shape index (κ1) is 22.8. The van der Waals surface area contributed by atoms with Crippen molar-refractivity contribution in [3.8, 4) is 23.0 Å². The van der Waals surface area contributed by atoms with Crippen molar-refractivity contribution in [1.29, 1.82) is 0 Å². The molecule has 0 bridgehead atoms. The Morgan fingerprint density at radius 2 is 1.57 bits per heavy atom. The van der Waals surface area contributed by atoms with Gasteiger partial charge in [0.25, 0.3) is 0 Å². The van der Waals surface area contributed by atoms with Crippen LogP contribution in [0.4, 0.5) is 0 Å². The Balaban J connectivity index is 0.00000280. The van der Waals surface area contributed by atoms with Crippen molar-refractivity contribution in [3.63, 3.8) is 0 Å². The summed E-state index contributed by atoms with van der Waals surface area (Å²) in [7, 11) is 8.76. The summed E-state index contributed by atoms with van der Waals surface area (Å²) in [6.07, 6.45) is 1.74. The summed E-state index contributed by atoms with van der Waals surface area (Å²) < 4.78 is 25.1. The topological polar surface area (TPSA) is 39.9 Å². The van der Waals surface area contributed by atoms with Gasteiger partial charge in [-0.05, 0) is 45.3 Å². The molecule has 2 aromatic rings. The zero-order valence-electron chi connectivity index (χ0n) is 16.8. The lowest BCUT2D eigenvalue weighted by Crippen LogP contribution is -3.00. The van der Waals surface area contributed by atoms with Crippen molar-refractivity contribution in [3.05, 3.63) is 45.4 Å². The minimum absolute atomic E-state index is 0. The number of hydrogen-bond acceptors (Lipinski definition) is 4. The third-order valence-corrected chi connectivity index (χ3v) is 5.89. The highest BCUT2D eigenvalue weighted by atomic mass is 127. The first-order valence-electron chi connectivity index (χ1n) is 8.75. The first-order chi connectivity index (χ1) is 13.0.